The first-order chi connectivity index (χ1) is 13.3. The number of aromatic nitrogens is 3. The lowest BCUT2D eigenvalue weighted by molar-refractivity contribution is 0.102. The molecule has 0 saturated heterocycles. The van der Waals surface area contributed by atoms with Gasteiger partial charge >= 0.3 is 6.01 Å². The molecule has 7 nitrogen and oxygen atoms in total. The molecular weight excluding hydrogens is 344 g/mol. The summed E-state index contributed by atoms with van der Waals surface area (Å²) in [7, 11) is 0. The summed E-state index contributed by atoms with van der Waals surface area (Å²) in [6, 6.07) is 19.7. The molecule has 0 atom stereocenters. The number of nitrogens with zero attached hydrogens (tertiary/aromatic N) is 3. The number of benzene rings is 2. The molecular formula is C20H14N4O3. The van der Waals surface area contributed by atoms with Gasteiger partial charge in [-0.1, -0.05) is 23.3 Å². The van der Waals surface area contributed by atoms with Crippen LogP contribution in [0, 0.1) is 0 Å². The molecule has 0 aliphatic rings. The molecule has 0 saturated carbocycles. The molecule has 0 aliphatic heterocycles. The third-order valence-electron chi connectivity index (χ3n) is 3.65. The molecule has 2 aromatic carbocycles. The van der Waals surface area contributed by atoms with Gasteiger partial charge in [-0.25, -0.2) is 0 Å². The fourth-order valence-electron chi connectivity index (χ4n) is 2.35. The number of amides is 1. The minimum atomic E-state index is -0.359. The average Bonchev–Trinajstić information content (AvgIpc) is 3.18. The van der Waals surface area contributed by atoms with Gasteiger partial charge in [-0.15, -0.1) is 5.10 Å². The first-order valence-electron chi connectivity index (χ1n) is 8.16. The molecule has 0 unspecified atom stereocenters. The highest BCUT2D eigenvalue weighted by atomic mass is 16.5. The van der Waals surface area contributed by atoms with Gasteiger partial charge in [0.1, 0.15) is 11.5 Å². The van der Waals surface area contributed by atoms with Crippen LogP contribution in [0.25, 0.3) is 11.5 Å². The Hall–Kier alpha value is -4.00. The minimum Gasteiger partial charge on any atom is -0.457 e. The van der Waals surface area contributed by atoms with Crippen molar-refractivity contribution in [3.63, 3.8) is 0 Å². The second-order valence-electron chi connectivity index (χ2n) is 5.55. The van der Waals surface area contributed by atoms with Gasteiger partial charge in [-0.05, 0) is 48.5 Å². The largest absolute Gasteiger partial charge is 0.457 e. The van der Waals surface area contributed by atoms with Gasteiger partial charge in [0.15, 0.2) is 0 Å². The quantitative estimate of drug-likeness (QED) is 0.576. The summed E-state index contributed by atoms with van der Waals surface area (Å²) in [5.41, 5.74) is 1.12. The number of carbonyl (C=O) groups excluding carboxylic acids is 1. The molecule has 1 N–H and O–H groups in total. The second-order valence-corrected chi connectivity index (χ2v) is 5.55. The van der Waals surface area contributed by atoms with E-state index in [1.165, 1.54) is 0 Å². The van der Waals surface area contributed by atoms with Gasteiger partial charge in [-0.2, -0.15) is 0 Å². The van der Waals surface area contributed by atoms with Crippen molar-refractivity contribution in [3.8, 4) is 23.0 Å². The fourth-order valence-corrected chi connectivity index (χ4v) is 2.35. The number of carbonyl (C=O) groups is 1. The summed E-state index contributed by atoms with van der Waals surface area (Å²) in [4.78, 5) is 16.3. The Morgan fingerprint density at radius 1 is 0.889 bits per heavy atom. The normalized spacial score (nSPS) is 10.4. The van der Waals surface area contributed by atoms with Crippen molar-refractivity contribution in [2.24, 2.45) is 0 Å². The Morgan fingerprint density at radius 3 is 2.41 bits per heavy atom. The smallest absolute Gasteiger partial charge is 0.322 e. The highest BCUT2D eigenvalue weighted by Gasteiger charge is 2.13. The van der Waals surface area contributed by atoms with E-state index < -0.39 is 0 Å². The van der Waals surface area contributed by atoms with E-state index in [0.29, 0.717) is 16.9 Å². The van der Waals surface area contributed by atoms with Crippen LogP contribution in [0.4, 0.5) is 6.01 Å². The molecule has 132 valence electrons. The first-order valence-corrected chi connectivity index (χ1v) is 8.16. The number of anilines is 1. The van der Waals surface area contributed by atoms with Crippen molar-refractivity contribution in [3.05, 3.63) is 84.7 Å². The van der Waals surface area contributed by atoms with Crippen molar-refractivity contribution in [1.82, 2.24) is 15.2 Å². The van der Waals surface area contributed by atoms with Crippen LogP contribution in [0.15, 0.2) is 83.5 Å². The van der Waals surface area contributed by atoms with Gasteiger partial charge in [-0.3, -0.25) is 15.1 Å². The Balaban J connectivity index is 1.42. The lowest BCUT2D eigenvalue weighted by atomic mass is 10.2. The van der Waals surface area contributed by atoms with E-state index in [9.17, 15) is 4.79 Å². The van der Waals surface area contributed by atoms with Crippen molar-refractivity contribution in [1.29, 1.82) is 0 Å². The van der Waals surface area contributed by atoms with E-state index in [2.05, 4.69) is 20.5 Å². The summed E-state index contributed by atoms with van der Waals surface area (Å²) < 4.78 is 11.2. The van der Waals surface area contributed by atoms with Crippen molar-refractivity contribution in [2.45, 2.75) is 0 Å². The number of rotatable bonds is 5. The number of para-hydroxylation sites is 1. The topological polar surface area (TPSA) is 90.1 Å². The molecule has 0 fully saturated rings. The summed E-state index contributed by atoms with van der Waals surface area (Å²) in [5.74, 6) is 1.28. The van der Waals surface area contributed by atoms with Gasteiger partial charge in [0.05, 0.1) is 5.56 Å². The third kappa shape index (κ3) is 3.98. The number of nitrogens with one attached hydrogen (secondary N) is 1. The third-order valence-corrected chi connectivity index (χ3v) is 3.65. The molecule has 4 rings (SSSR count). The molecule has 7 heteroatoms. The lowest BCUT2D eigenvalue weighted by Crippen LogP contribution is -2.11. The maximum absolute atomic E-state index is 12.3. The van der Waals surface area contributed by atoms with Crippen LogP contribution in [0.2, 0.25) is 0 Å². The number of hydrogen-bond acceptors (Lipinski definition) is 6. The molecule has 0 bridgehead atoms. The summed E-state index contributed by atoms with van der Waals surface area (Å²) in [6.45, 7) is 0. The van der Waals surface area contributed by atoms with E-state index in [4.69, 9.17) is 9.15 Å². The van der Waals surface area contributed by atoms with Crippen LogP contribution in [-0.4, -0.2) is 21.1 Å². The molecule has 0 aliphatic carbocycles. The van der Waals surface area contributed by atoms with Crippen LogP contribution >= 0.6 is 0 Å². The highest BCUT2D eigenvalue weighted by molar-refractivity contribution is 6.03. The Bertz CT molecular complexity index is 1030. The van der Waals surface area contributed by atoms with Crippen LogP contribution < -0.4 is 10.1 Å². The molecule has 2 heterocycles. The zero-order chi connectivity index (χ0) is 18.5. The predicted molar refractivity (Wildman–Crippen MR) is 98.4 cm³/mol. The van der Waals surface area contributed by atoms with Crippen LogP contribution in [0.1, 0.15) is 10.4 Å². The molecule has 0 radical (unpaired) electrons. The number of hydrogen-bond donors (Lipinski definition) is 1. The molecule has 1 amide bonds. The van der Waals surface area contributed by atoms with E-state index in [0.717, 1.165) is 5.75 Å². The van der Waals surface area contributed by atoms with E-state index in [1.807, 2.05) is 30.3 Å². The summed E-state index contributed by atoms with van der Waals surface area (Å²) in [5, 5.41) is 10.3. The number of pyridine rings is 1. The van der Waals surface area contributed by atoms with Crippen molar-refractivity contribution < 1.29 is 13.9 Å². The Kier molecular flexibility index (Phi) is 4.57. The molecule has 4 aromatic rings. The van der Waals surface area contributed by atoms with Crippen molar-refractivity contribution in [2.75, 3.05) is 5.32 Å². The zero-order valence-electron chi connectivity index (χ0n) is 14.1. The molecule has 0 spiro atoms. The standard InChI is InChI=1S/C20H14N4O3/c25-18(22-20-24-23-19(27-20)15-5-4-12-21-13-15)14-8-10-17(11-9-14)26-16-6-2-1-3-7-16/h1-13H,(H,22,24,25). The molecule has 27 heavy (non-hydrogen) atoms. The van der Waals surface area contributed by atoms with Gasteiger partial charge in [0.2, 0.25) is 0 Å². The maximum atomic E-state index is 12.3. The Morgan fingerprint density at radius 2 is 1.67 bits per heavy atom. The monoisotopic (exact) mass is 358 g/mol. The van der Waals surface area contributed by atoms with Crippen LogP contribution in [-0.2, 0) is 0 Å². The zero-order valence-corrected chi connectivity index (χ0v) is 14.1. The fraction of sp³-hybridized carbons (Fsp3) is 0. The lowest BCUT2D eigenvalue weighted by Gasteiger charge is -2.06. The SMILES string of the molecule is O=C(Nc1nnc(-c2cccnc2)o1)c1ccc(Oc2ccccc2)cc1. The summed E-state index contributed by atoms with van der Waals surface area (Å²) in [6.07, 6.45) is 3.25. The minimum absolute atomic E-state index is 0.0171. The van der Waals surface area contributed by atoms with E-state index in [-0.39, 0.29) is 17.8 Å². The first kappa shape index (κ1) is 16.5. The average molecular weight is 358 g/mol. The van der Waals surface area contributed by atoms with Gasteiger partial charge < -0.3 is 9.15 Å². The Labute approximate surface area is 154 Å². The second kappa shape index (κ2) is 7.49. The highest BCUT2D eigenvalue weighted by Crippen LogP contribution is 2.22. The van der Waals surface area contributed by atoms with E-state index >= 15 is 0 Å². The van der Waals surface area contributed by atoms with Crippen LogP contribution in [0.5, 0.6) is 11.5 Å². The number of ether oxygens (including phenoxy) is 1. The predicted octanol–water partition coefficient (Wildman–Crippen LogP) is 4.18. The molecule has 2 aromatic heterocycles. The summed E-state index contributed by atoms with van der Waals surface area (Å²) >= 11 is 0. The van der Waals surface area contributed by atoms with Crippen molar-refractivity contribution >= 4 is 11.9 Å². The van der Waals surface area contributed by atoms with Gasteiger partial charge in [0, 0.05) is 18.0 Å². The van der Waals surface area contributed by atoms with Crippen LogP contribution in [0.3, 0.4) is 0 Å². The van der Waals surface area contributed by atoms with E-state index in [1.54, 1.807) is 48.8 Å². The van der Waals surface area contributed by atoms with Gasteiger partial charge in [0.25, 0.3) is 11.8 Å². The maximum Gasteiger partial charge on any atom is 0.322 e.